The highest BCUT2D eigenvalue weighted by Crippen LogP contribution is 2.34. The van der Waals surface area contributed by atoms with Gasteiger partial charge in [0.25, 0.3) is 0 Å². The Kier molecular flexibility index (Phi) is 5.94. The maximum absolute atomic E-state index is 12.6. The summed E-state index contributed by atoms with van der Waals surface area (Å²) in [5.74, 6) is 0.656. The zero-order valence-electron chi connectivity index (χ0n) is 15.3. The maximum Gasteiger partial charge on any atom is 0.387 e. The van der Waals surface area contributed by atoms with Gasteiger partial charge in [-0.25, -0.2) is 4.79 Å². The van der Waals surface area contributed by atoms with Crippen LogP contribution in [-0.2, 0) is 0 Å². The van der Waals surface area contributed by atoms with Crippen molar-refractivity contribution in [2.24, 2.45) is 5.92 Å². The lowest BCUT2D eigenvalue weighted by Gasteiger charge is -2.13. The fourth-order valence-corrected chi connectivity index (χ4v) is 2.52. The summed E-state index contributed by atoms with van der Waals surface area (Å²) in [7, 11) is 0. The van der Waals surface area contributed by atoms with Crippen molar-refractivity contribution in [1.82, 2.24) is 0 Å². The minimum absolute atomic E-state index is 0.0940. The van der Waals surface area contributed by atoms with Crippen molar-refractivity contribution in [3.8, 4) is 17.2 Å². The van der Waals surface area contributed by atoms with Crippen LogP contribution in [-0.4, -0.2) is 19.2 Å². The normalized spacial score (nSPS) is 13.7. The second-order valence-electron chi connectivity index (χ2n) is 6.91. The van der Waals surface area contributed by atoms with Gasteiger partial charge in [-0.15, -0.1) is 0 Å². The summed E-state index contributed by atoms with van der Waals surface area (Å²) in [4.78, 5) is 12.4. The van der Waals surface area contributed by atoms with E-state index in [-0.39, 0.29) is 17.1 Å². The number of esters is 1. The average Bonchev–Trinajstić information content (AvgIpc) is 3.45. The van der Waals surface area contributed by atoms with Crippen LogP contribution in [0.3, 0.4) is 0 Å². The van der Waals surface area contributed by atoms with Gasteiger partial charge in [-0.05, 0) is 60.6 Å². The second kappa shape index (κ2) is 8.37. The predicted molar refractivity (Wildman–Crippen MR) is 96.8 cm³/mol. The van der Waals surface area contributed by atoms with E-state index in [1.807, 2.05) is 12.1 Å². The van der Waals surface area contributed by atoms with Crippen molar-refractivity contribution in [2.75, 3.05) is 6.61 Å². The van der Waals surface area contributed by atoms with E-state index >= 15 is 0 Å². The van der Waals surface area contributed by atoms with Crippen molar-refractivity contribution in [2.45, 2.75) is 39.2 Å². The highest BCUT2D eigenvalue weighted by atomic mass is 19.3. The van der Waals surface area contributed by atoms with Crippen LogP contribution < -0.4 is 14.2 Å². The Morgan fingerprint density at radius 1 is 1.07 bits per heavy atom. The van der Waals surface area contributed by atoms with E-state index in [0.29, 0.717) is 24.2 Å². The summed E-state index contributed by atoms with van der Waals surface area (Å²) in [6.45, 7) is 1.60. The zero-order valence-corrected chi connectivity index (χ0v) is 15.3. The molecule has 0 heterocycles. The summed E-state index contributed by atoms with van der Waals surface area (Å²) >= 11 is 0. The molecule has 6 heteroatoms. The number of hydrogen-bond donors (Lipinski definition) is 0. The Morgan fingerprint density at radius 3 is 2.37 bits per heavy atom. The van der Waals surface area contributed by atoms with E-state index in [1.54, 1.807) is 12.1 Å². The molecule has 1 saturated carbocycles. The van der Waals surface area contributed by atoms with Gasteiger partial charge >= 0.3 is 12.6 Å². The Balaban J connectivity index is 1.73. The highest BCUT2D eigenvalue weighted by Gasteiger charge is 2.23. The molecule has 0 aromatic heterocycles. The minimum Gasteiger partial charge on any atom is -0.489 e. The molecule has 0 bridgehead atoms. The molecule has 0 saturated heterocycles. The predicted octanol–water partition coefficient (Wildman–Crippen LogP) is 5.42. The van der Waals surface area contributed by atoms with Crippen molar-refractivity contribution >= 4 is 5.97 Å². The summed E-state index contributed by atoms with van der Waals surface area (Å²) in [6, 6.07) is 11.3. The first-order valence-corrected chi connectivity index (χ1v) is 8.96. The molecule has 2 aromatic rings. The van der Waals surface area contributed by atoms with Crippen LogP contribution in [0.25, 0.3) is 0 Å². The highest BCUT2D eigenvalue weighted by molar-refractivity contribution is 5.91. The lowest BCUT2D eigenvalue weighted by Crippen LogP contribution is -2.11. The lowest BCUT2D eigenvalue weighted by molar-refractivity contribution is -0.0515. The number of rotatable bonds is 8. The third-order valence-corrected chi connectivity index (χ3v) is 4.32. The first-order valence-electron chi connectivity index (χ1n) is 8.96. The fourth-order valence-electron chi connectivity index (χ4n) is 2.52. The number of carbonyl (C=O) groups is 1. The number of hydrogen-bond acceptors (Lipinski definition) is 4. The third kappa shape index (κ3) is 5.42. The Bertz CT molecular complexity index is 783. The molecule has 0 spiro atoms. The van der Waals surface area contributed by atoms with Crippen LogP contribution in [0.4, 0.5) is 8.78 Å². The van der Waals surface area contributed by atoms with E-state index in [9.17, 15) is 13.6 Å². The van der Waals surface area contributed by atoms with Gasteiger partial charge in [0.15, 0.2) is 11.5 Å². The molecule has 1 aliphatic carbocycles. The van der Waals surface area contributed by atoms with Gasteiger partial charge < -0.3 is 14.2 Å². The molecule has 0 atom stereocenters. The molecule has 3 rings (SSSR count). The molecule has 0 unspecified atom stereocenters. The smallest absolute Gasteiger partial charge is 0.387 e. The van der Waals surface area contributed by atoms with Crippen molar-refractivity contribution in [3.63, 3.8) is 0 Å². The molecule has 0 N–H and O–H groups in total. The van der Waals surface area contributed by atoms with Crippen molar-refractivity contribution < 1.29 is 27.8 Å². The van der Waals surface area contributed by atoms with Gasteiger partial charge in [0, 0.05) is 0 Å². The van der Waals surface area contributed by atoms with E-state index < -0.39 is 12.6 Å². The Morgan fingerprint density at radius 2 is 1.78 bits per heavy atom. The number of benzene rings is 2. The minimum atomic E-state index is -2.97. The number of halogens is 2. The molecule has 144 valence electrons. The molecule has 0 aliphatic heterocycles. The average molecular weight is 376 g/mol. The van der Waals surface area contributed by atoms with E-state index in [4.69, 9.17) is 9.47 Å². The van der Waals surface area contributed by atoms with Gasteiger partial charge in [0.1, 0.15) is 5.75 Å². The van der Waals surface area contributed by atoms with E-state index in [0.717, 1.165) is 18.4 Å². The molecule has 0 radical (unpaired) electrons. The maximum atomic E-state index is 12.6. The van der Waals surface area contributed by atoms with Gasteiger partial charge in [-0.1, -0.05) is 26.0 Å². The molecule has 1 fully saturated rings. The first-order chi connectivity index (χ1) is 12.9. The van der Waals surface area contributed by atoms with Crippen LogP contribution in [0, 0.1) is 5.92 Å². The molecule has 0 amide bonds. The van der Waals surface area contributed by atoms with Crippen molar-refractivity contribution in [3.05, 3.63) is 53.6 Å². The van der Waals surface area contributed by atoms with Crippen LogP contribution in [0.1, 0.15) is 48.5 Å². The van der Waals surface area contributed by atoms with E-state index in [1.165, 1.54) is 18.2 Å². The quantitative estimate of drug-likeness (QED) is 0.456. The van der Waals surface area contributed by atoms with Gasteiger partial charge in [-0.2, -0.15) is 8.78 Å². The van der Waals surface area contributed by atoms with Crippen LogP contribution in [0.2, 0.25) is 0 Å². The SMILES string of the molecule is CC(C)c1ccc(OC(=O)c2ccc(OC(F)F)c(OCC3CC3)c2)cc1. The first kappa shape index (κ1) is 19.1. The fraction of sp³-hybridized carbons (Fsp3) is 0.381. The number of carbonyl (C=O) groups excluding carboxylic acids is 1. The Hall–Kier alpha value is -2.63. The summed E-state index contributed by atoms with van der Waals surface area (Å²) in [5.41, 5.74) is 1.34. The third-order valence-electron chi connectivity index (χ3n) is 4.32. The van der Waals surface area contributed by atoms with Gasteiger partial charge in [-0.3, -0.25) is 0 Å². The summed E-state index contributed by atoms with van der Waals surface area (Å²) in [6.07, 6.45) is 2.11. The zero-order chi connectivity index (χ0) is 19.4. The number of alkyl halides is 2. The largest absolute Gasteiger partial charge is 0.489 e. The standard InChI is InChI=1S/C21H22F2O4/c1-13(2)15-5-8-17(9-6-15)26-20(24)16-7-10-18(27-21(22)23)19(11-16)25-12-14-3-4-14/h5-11,13-14,21H,3-4,12H2,1-2H3. The molecule has 1 aliphatic rings. The molecule has 27 heavy (non-hydrogen) atoms. The lowest BCUT2D eigenvalue weighted by atomic mass is 10.0. The van der Waals surface area contributed by atoms with Gasteiger partial charge in [0.2, 0.25) is 0 Å². The van der Waals surface area contributed by atoms with Crippen LogP contribution >= 0.6 is 0 Å². The Labute approximate surface area is 157 Å². The monoisotopic (exact) mass is 376 g/mol. The topological polar surface area (TPSA) is 44.8 Å². The number of ether oxygens (including phenoxy) is 3. The van der Waals surface area contributed by atoms with Gasteiger partial charge in [0.05, 0.1) is 12.2 Å². The summed E-state index contributed by atoms with van der Waals surface area (Å²) < 4.78 is 40.6. The van der Waals surface area contributed by atoms with Crippen LogP contribution in [0.15, 0.2) is 42.5 Å². The summed E-state index contributed by atoms with van der Waals surface area (Å²) in [5, 5.41) is 0. The van der Waals surface area contributed by atoms with Crippen LogP contribution in [0.5, 0.6) is 17.2 Å². The van der Waals surface area contributed by atoms with E-state index in [2.05, 4.69) is 18.6 Å². The molecule has 4 nitrogen and oxygen atoms in total. The molecular formula is C21H22F2O4. The molecule has 2 aromatic carbocycles. The second-order valence-corrected chi connectivity index (χ2v) is 6.91. The molecular weight excluding hydrogens is 354 g/mol. The van der Waals surface area contributed by atoms with Crippen molar-refractivity contribution in [1.29, 1.82) is 0 Å².